The van der Waals surface area contributed by atoms with Crippen LogP contribution in [-0.4, -0.2) is 71.6 Å². The standard InChI is InChI=1S/C21H26ClF2N5O4S/c1-14(15-3-2-4-16(11-15)21(23,24)13-30)25-19-17-12-29(6-5-18(17)26-20(22)27-19)34(31,32)28-7-9-33-10-8-28/h2-4,11,14,30H,5-10,12-13H2,1H3,(H,25,26,27)/t14-/m1/s1. The first-order valence-corrected chi connectivity index (χ1v) is 12.6. The van der Waals surface area contributed by atoms with Crippen molar-refractivity contribution in [3.8, 4) is 0 Å². The van der Waals surface area contributed by atoms with Gasteiger partial charge in [0.05, 0.1) is 18.9 Å². The van der Waals surface area contributed by atoms with E-state index in [1.165, 1.54) is 26.8 Å². The molecule has 0 amide bonds. The Morgan fingerprint density at radius 2 is 1.97 bits per heavy atom. The fourth-order valence-electron chi connectivity index (χ4n) is 4.03. The molecule has 34 heavy (non-hydrogen) atoms. The molecule has 1 aromatic heterocycles. The first kappa shape index (κ1) is 25.1. The van der Waals surface area contributed by atoms with E-state index in [2.05, 4.69) is 15.3 Å². The number of hydrogen-bond donors (Lipinski definition) is 2. The van der Waals surface area contributed by atoms with Gasteiger partial charge in [0.1, 0.15) is 12.4 Å². The summed E-state index contributed by atoms with van der Waals surface area (Å²) >= 11 is 6.12. The summed E-state index contributed by atoms with van der Waals surface area (Å²) < 4.78 is 62.3. The largest absolute Gasteiger partial charge is 0.390 e. The predicted octanol–water partition coefficient (Wildman–Crippen LogP) is 2.32. The number of rotatable bonds is 7. The van der Waals surface area contributed by atoms with Gasteiger partial charge in [-0.25, -0.2) is 9.97 Å². The number of fused-ring (bicyclic) bond motifs is 1. The number of ether oxygens (including phenoxy) is 1. The second kappa shape index (κ2) is 9.96. The van der Waals surface area contributed by atoms with Crippen LogP contribution in [0.25, 0.3) is 0 Å². The number of aliphatic hydroxyl groups is 1. The molecule has 0 unspecified atom stereocenters. The normalized spacial score (nSPS) is 19.0. The zero-order chi connectivity index (χ0) is 24.5. The minimum Gasteiger partial charge on any atom is -0.390 e. The number of benzene rings is 1. The number of halogens is 3. The molecule has 186 valence electrons. The van der Waals surface area contributed by atoms with Gasteiger partial charge in [-0.15, -0.1) is 0 Å². The van der Waals surface area contributed by atoms with Gasteiger partial charge >= 0.3 is 0 Å². The molecule has 1 aromatic carbocycles. The first-order chi connectivity index (χ1) is 16.1. The molecule has 0 radical (unpaired) electrons. The highest BCUT2D eigenvalue weighted by molar-refractivity contribution is 7.86. The van der Waals surface area contributed by atoms with Gasteiger partial charge in [-0.05, 0) is 30.2 Å². The van der Waals surface area contributed by atoms with Gasteiger partial charge in [0.15, 0.2) is 0 Å². The van der Waals surface area contributed by atoms with E-state index in [-0.39, 0.29) is 23.9 Å². The lowest BCUT2D eigenvalue weighted by molar-refractivity contribution is -0.0556. The number of aromatic nitrogens is 2. The topological polar surface area (TPSA) is 108 Å². The fraction of sp³-hybridized carbons (Fsp3) is 0.524. The maximum absolute atomic E-state index is 14.0. The summed E-state index contributed by atoms with van der Waals surface area (Å²) in [6.45, 7) is 2.07. The highest BCUT2D eigenvalue weighted by atomic mass is 35.5. The molecule has 0 bridgehead atoms. The number of aliphatic hydroxyl groups excluding tert-OH is 1. The summed E-state index contributed by atoms with van der Waals surface area (Å²) in [5.74, 6) is -3.01. The van der Waals surface area contributed by atoms with Gasteiger partial charge < -0.3 is 15.2 Å². The molecule has 0 saturated carbocycles. The second-order valence-electron chi connectivity index (χ2n) is 8.22. The summed E-state index contributed by atoms with van der Waals surface area (Å²) in [4.78, 5) is 8.54. The summed E-state index contributed by atoms with van der Waals surface area (Å²) in [7, 11) is -3.70. The number of morpholine rings is 1. The predicted molar refractivity (Wildman–Crippen MR) is 122 cm³/mol. The van der Waals surface area contributed by atoms with Gasteiger partial charge in [0.2, 0.25) is 5.28 Å². The molecule has 2 aliphatic rings. The number of hydrogen-bond acceptors (Lipinski definition) is 7. The Morgan fingerprint density at radius 1 is 1.24 bits per heavy atom. The van der Waals surface area contributed by atoms with Crippen molar-refractivity contribution in [2.75, 3.05) is 44.8 Å². The quantitative estimate of drug-likeness (QED) is 0.543. The molecule has 2 aromatic rings. The highest BCUT2D eigenvalue weighted by Gasteiger charge is 2.35. The number of anilines is 1. The van der Waals surface area contributed by atoms with E-state index < -0.39 is 28.8 Å². The molecular weight excluding hydrogens is 492 g/mol. The average molecular weight is 518 g/mol. The molecular formula is C21H26ClF2N5O4S. The molecule has 13 heteroatoms. The van der Waals surface area contributed by atoms with Gasteiger partial charge in [-0.3, -0.25) is 0 Å². The third kappa shape index (κ3) is 5.16. The smallest absolute Gasteiger partial charge is 0.295 e. The Morgan fingerprint density at radius 3 is 2.68 bits per heavy atom. The van der Waals surface area contributed by atoms with Gasteiger partial charge in [0, 0.05) is 49.8 Å². The van der Waals surface area contributed by atoms with Crippen molar-refractivity contribution in [2.24, 2.45) is 0 Å². The van der Waals surface area contributed by atoms with Gasteiger partial charge in [-0.2, -0.15) is 25.8 Å². The van der Waals surface area contributed by atoms with E-state index in [1.54, 1.807) is 13.0 Å². The van der Waals surface area contributed by atoms with Crippen LogP contribution in [0.15, 0.2) is 24.3 Å². The number of alkyl halides is 2. The lowest BCUT2D eigenvalue weighted by Gasteiger charge is -2.35. The second-order valence-corrected chi connectivity index (χ2v) is 10.5. The number of nitrogens with zero attached hydrogens (tertiary/aromatic N) is 4. The Balaban J connectivity index is 1.59. The molecule has 4 rings (SSSR count). The maximum atomic E-state index is 14.0. The molecule has 2 N–H and O–H groups in total. The monoisotopic (exact) mass is 517 g/mol. The SMILES string of the molecule is C[C@@H](Nc1nc(Cl)nc2c1CN(S(=O)(=O)N1CCOCC1)CC2)c1cccc(C(F)(F)CO)c1. The van der Waals surface area contributed by atoms with Crippen LogP contribution in [0.4, 0.5) is 14.6 Å². The minimum atomic E-state index is -3.70. The van der Waals surface area contributed by atoms with Crippen molar-refractivity contribution in [1.29, 1.82) is 0 Å². The van der Waals surface area contributed by atoms with Gasteiger partial charge in [0.25, 0.3) is 16.1 Å². The Labute approximate surface area is 201 Å². The third-order valence-corrected chi connectivity index (χ3v) is 8.13. The van der Waals surface area contributed by atoms with E-state index in [0.29, 0.717) is 55.4 Å². The van der Waals surface area contributed by atoms with Crippen LogP contribution in [0.5, 0.6) is 0 Å². The summed E-state index contributed by atoms with van der Waals surface area (Å²) in [6, 6.07) is 5.28. The van der Waals surface area contributed by atoms with Gasteiger partial charge in [-0.1, -0.05) is 18.2 Å². The zero-order valence-electron chi connectivity index (χ0n) is 18.5. The van der Waals surface area contributed by atoms with Crippen molar-refractivity contribution in [3.05, 3.63) is 51.9 Å². The van der Waals surface area contributed by atoms with Crippen molar-refractivity contribution in [1.82, 2.24) is 18.6 Å². The van der Waals surface area contributed by atoms with Crippen LogP contribution in [0.3, 0.4) is 0 Å². The summed E-state index contributed by atoms with van der Waals surface area (Å²) in [5, 5.41) is 12.2. The Bertz CT molecular complexity index is 1150. The average Bonchev–Trinajstić information content (AvgIpc) is 2.84. The van der Waals surface area contributed by atoms with Crippen molar-refractivity contribution in [2.45, 2.75) is 31.9 Å². The van der Waals surface area contributed by atoms with Crippen molar-refractivity contribution >= 4 is 27.6 Å². The van der Waals surface area contributed by atoms with Crippen LogP contribution in [0.2, 0.25) is 5.28 Å². The van der Waals surface area contributed by atoms with Crippen LogP contribution in [0, 0.1) is 0 Å². The van der Waals surface area contributed by atoms with Crippen LogP contribution in [0.1, 0.15) is 35.3 Å². The molecule has 0 aliphatic carbocycles. The number of nitrogens with one attached hydrogen (secondary N) is 1. The minimum absolute atomic E-state index is 0.0125. The molecule has 1 saturated heterocycles. The van der Waals surface area contributed by atoms with E-state index in [4.69, 9.17) is 21.4 Å². The lowest BCUT2D eigenvalue weighted by atomic mass is 10.0. The van der Waals surface area contributed by atoms with E-state index in [0.717, 1.165) is 0 Å². The Kier molecular flexibility index (Phi) is 7.36. The van der Waals surface area contributed by atoms with Crippen molar-refractivity contribution < 1.29 is 27.0 Å². The molecule has 0 spiro atoms. The van der Waals surface area contributed by atoms with Crippen LogP contribution >= 0.6 is 11.6 Å². The van der Waals surface area contributed by atoms with Crippen molar-refractivity contribution in [3.63, 3.8) is 0 Å². The maximum Gasteiger partial charge on any atom is 0.295 e. The molecule has 1 atom stereocenters. The lowest BCUT2D eigenvalue weighted by Crippen LogP contribution is -2.50. The first-order valence-electron chi connectivity index (χ1n) is 10.9. The fourth-order valence-corrected chi connectivity index (χ4v) is 5.77. The van der Waals surface area contributed by atoms with E-state index in [1.807, 2.05) is 0 Å². The molecule has 1 fully saturated rings. The molecule has 2 aliphatic heterocycles. The van der Waals surface area contributed by atoms with E-state index in [9.17, 15) is 17.2 Å². The third-order valence-electron chi connectivity index (χ3n) is 5.98. The Hall–Kier alpha value is -1.96. The summed E-state index contributed by atoms with van der Waals surface area (Å²) in [6.07, 6.45) is 0.364. The molecule has 3 heterocycles. The van der Waals surface area contributed by atoms with Crippen LogP contribution in [-0.2, 0) is 33.8 Å². The zero-order valence-corrected chi connectivity index (χ0v) is 20.1. The van der Waals surface area contributed by atoms with Crippen LogP contribution < -0.4 is 5.32 Å². The molecule has 9 nitrogen and oxygen atoms in total. The van der Waals surface area contributed by atoms with E-state index >= 15 is 0 Å². The highest BCUT2D eigenvalue weighted by Crippen LogP contribution is 2.32. The summed E-state index contributed by atoms with van der Waals surface area (Å²) in [5.41, 5.74) is 1.48.